The first-order valence-electron chi connectivity index (χ1n) is 7.05. The minimum absolute atomic E-state index is 0.317. The molecule has 2 aromatic heterocycles. The number of hydrogen-bond acceptors (Lipinski definition) is 4. The van der Waals surface area contributed by atoms with Crippen LogP contribution in [0.25, 0.3) is 16.3 Å². The third kappa shape index (κ3) is 3.49. The Bertz CT molecular complexity index is 819. The van der Waals surface area contributed by atoms with Crippen molar-refractivity contribution in [2.24, 2.45) is 0 Å². The fourth-order valence-electron chi connectivity index (χ4n) is 2.02. The highest BCUT2D eigenvalue weighted by Gasteiger charge is 2.12. The number of nitrogens with zero attached hydrogens (tertiary/aromatic N) is 1. The third-order valence-electron chi connectivity index (χ3n) is 3.32. The van der Waals surface area contributed by atoms with Crippen molar-refractivity contribution in [2.75, 3.05) is 0 Å². The molecule has 2 heterocycles. The Morgan fingerprint density at radius 2 is 2.00 bits per heavy atom. The van der Waals surface area contributed by atoms with E-state index >= 15 is 0 Å². The lowest BCUT2D eigenvalue weighted by molar-refractivity contribution is 0.0937. The van der Waals surface area contributed by atoms with Crippen LogP contribution >= 0.6 is 11.3 Å². The van der Waals surface area contributed by atoms with Gasteiger partial charge in [0.2, 0.25) is 0 Å². The van der Waals surface area contributed by atoms with E-state index in [4.69, 9.17) is 0 Å². The molecule has 0 saturated carbocycles. The maximum atomic E-state index is 12.1. The van der Waals surface area contributed by atoms with E-state index in [0.29, 0.717) is 11.4 Å². The molecule has 0 aliphatic carbocycles. The van der Waals surface area contributed by atoms with Crippen LogP contribution in [0.2, 0.25) is 0 Å². The highest BCUT2D eigenvalue weighted by molar-refractivity contribution is 7.13. The van der Waals surface area contributed by atoms with Crippen molar-refractivity contribution < 1.29 is 4.79 Å². The number of benzene rings is 1. The zero-order chi connectivity index (χ0) is 16.2. The number of H-pyrrole nitrogens is 1. The SMILES string of the molecule is C=C(NNC(=O)c1cc(-c2cccs2)[nH]n1)c1ccc(C)cc1. The molecule has 1 aromatic carbocycles. The largest absolute Gasteiger partial charge is 0.298 e. The number of hydrazine groups is 1. The molecule has 6 heteroatoms. The average Bonchev–Trinajstić information content (AvgIpc) is 3.23. The molecule has 0 saturated heterocycles. The quantitative estimate of drug-likeness (QED) is 0.630. The Morgan fingerprint density at radius 1 is 1.22 bits per heavy atom. The Kier molecular flexibility index (Phi) is 4.25. The Hall–Kier alpha value is -2.86. The fourth-order valence-corrected chi connectivity index (χ4v) is 2.71. The highest BCUT2D eigenvalue weighted by atomic mass is 32.1. The lowest BCUT2D eigenvalue weighted by atomic mass is 10.1. The molecule has 3 rings (SSSR count). The predicted molar refractivity (Wildman–Crippen MR) is 92.7 cm³/mol. The summed E-state index contributed by atoms with van der Waals surface area (Å²) in [6.45, 7) is 5.93. The number of carbonyl (C=O) groups is 1. The fraction of sp³-hybridized carbons (Fsp3) is 0.0588. The second-order valence-electron chi connectivity index (χ2n) is 5.07. The summed E-state index contributed by atoms with van der Waals surface area (Å²) >= 11 is 1.59. The van der Waals surface area contributed by atoms with E-state index in [2.05, 4.69) is 27.6 Å². The van der Waals surface area contributed by atoms with Crippen LogP contribution in [-0.2, 0) is 0 Å². The standard InChI is InChI=1S/C17H16N4OS/c1-11-5-7-13(8-6-11)12(2)18-21-17(22)15-10-14(19-20-15)16-4-3-9-23-16/h3-10,18H,2H2,1H3,(H,19,20)(H,21,22). The van der Waals surface area contributed by atoms with Crippen molar-refractivity contribution >= 4 is 22.9 Å². The molecule has 5 nitrogen and oxygen atoms in total. The number of carbonyl (C=O) groups excluding carboxylic acids is 1. The van der Waals surface area contributed by atoms with Gasteiger partial charge < -0.3 is 0 Å². The van der Waals surface area contributed by atoms with Gasteiger partial charge in [-0.2, -0.15) is 5.10 Å². The molecule has 116 valence electrons. The van der Waals surface area contributed by atoms with Gasteiger partial charge in [-0.1, -0.05) is 42.5 Å². The third-order valence-corrected chi connectivity index (χ3v) is 4.23. The normalized spacial score (nSPS) is 10.3. The van der Waals surface area contributed by atoms with Gasteiger partial charge in [0.05, 0.1) is 16.3 Å². The molecule has 0 spiro atoms. The highest BCUT2D eigenvalue weighted by Crippen LogP contribution is 2.22. The number of rotatable bonds is 5. The first kappa shape index (κ1) is 15.1. The Labute approximate surface area is 138 Å². The van der Waals surface area contributed by atoms with Crippen molar-refractivity contribution in [1.82, 2.24) is 21.0 Å². The molecule has 0 fully saturated rings. The number of hydrogen-bond donors (Lipinski definition) is 3. The van der Waals surface area contributed by atoms with Gasteiger partial charge in [-0.25, -0.2) is 0 Å². The molecule has 23 heavy (non-hydrogen) atoms. The molecule has 3 N–H and O–H groups in total. The summed E-state index contributed by atoms with van der Waals surface area (Å²) in [5, 5.41) is 8.87. The number of aromatic amines is 1. The topological polar surface area (TPSA) is 69.8 Å². The van der Waals surface area contributed by atoms with Gasteiger partial charge >= 0.3 is 0 Å². The van der Waals surface area contributed by atoms with Crippen LogP contribution in [0.4, 0.5) is 0 Å². The summed E-state index contributed by atoms with van der Waals surface area (Å²) in [7, 11) is 0. The van der Waals surface area contributed by atoms with Crippen molar-refractivity contribution in [3.8, 4) is 10.6 Å². The summed E-state index contributed by atoms with van der Waals surface area (Å²) in [5.41, 5.74) is 9.26. The minimum atomic E-state index is -0.322. The van der Waals surface area contributed by atoms with Gasteiger partial charge in [0.15, 0.2) is 5.69 Å². The monoisotopic (exact) mass is 324 g/mol. The number of aryl methyl sites for hydroxylation is 1. The van der Waals surface area contributed by atoms with Gasteiger partial charge in [-0.3, -0.25) is 20.7 Å². The van der Waals surface area contributed by atoms with E-state index < -0.39 is 0 Å². The van der Waals surface area contributed by atoms with E-state index in [0.717, 1.165) is 16.1 Å². The van der Waals surface area contributed by atoms with Crippen molar-refractivity contribution in [1.29, 1.82) is 0 Å². The molecule has 1 amide bonds. The van der Waals surface area contributed by atoms with Crippen LogP contribution in [0.3, 0.4) is 0 Å². The van der Waals surface area contributed by atoms with E-state index in [-0.39, 0.29) is 5.91 Å². The lowest BCUT2D eigenvalue weighted by Crippen LogP contribution is -2.36. The number of thiophene rings is 1. The average molecular weight is 324 g/mol. The second-order valence-corrected chi connectivity index (χ2v) is 6.02. The molecular formula is C17H16N4OS. The van der Waals surface area contributed by atoms with Crippen molar-refractivity contribution in [2.45, 2.75) is 6.92 Å². The predicted octanol–water partition coefficient (Wildman–Crippen LogP) is 3.35. The van der Waals surface area contributed by atoms with Crippen LogP contribution in [0.15, 0.2) is 54.4 Å². The van der Waals surface area contributed by atoms with E-state index in [1.165, 1.54) is 5.56 Å². The summed E-state index contributed by atoms with van der Waals surface area (Å²) in [5.74, 6) is -0.322. The zero-order valence-electron chi connectivity index (χ0n) is 12.6. The summed E-state index contributed by atoms with van der Waals surface area (Å²) < 4.78 is 0. The van der Waals surface area contributed by atoms with Crippen LogP contribution in [-0.4, -0.2) is 16.1 Å². The molecular weight excluding hydrogens is 308 g/mol. The molecule has 0 aliphatic rings. The van der Waals surface area contributed by atoms with Gasteiger partial charge in [0, 0.05) is 0 Å². The van der Waals surface area contributed by atoms with Crippen LogP contribution in [0, 0.1) is 6.92 Å². The van der Waals surface area contributed by atoms with Crippen molar-refractivity contribution in [3.63, 3.8) is 0 Å². The summed E-state index contributed by atoms with van der Waals surface area (Å²) in [4.78, 5) is 13.2. The number of amides is 1. The zero-order valence-corrected chi connectivity index (χ0v) is 13.4. The maximum Gasteiger partial charge on any atom is 0.290 e. The number of aromatic nitrogens is 2. The molecule has 0 unspecified atom stereocenters. The molecule has 0 aliphatic heterocycles. The van der Waals surface area contributed by atoms with Crippen molar-refractivity contribution in [3.05, 3.63) is 71.2 Å². The lowest BCUT2D eigenvalue weighted by Gasteiger charge is -2.10. The summed E-state index contributed by atoms with van der Waals surface area (Å²) in [6.07, 6.45) is 0. The first-order valence-corrected chi connectivity index (χ1v) is 7.93. The molecule has 0 bridgehead atoms. The Morgan fingerprint density at radius 3 is 2.70 bits per heavy atom. The molecule has 0 atom stereocenters. The summed E-state index contributed by atoms with van der Waals surface area (Å²) in [6, 6.07) is 13.5. The van der Waals surface area contributed by atoms with E-state index in [9.17, 15) is 4.79 Å². The maximum absolute atomic E-state index is 12.1. The van der Waals surface area contributed by atoms with Gasteiger partial charge in [0.25, 0.3) is 5.91 Å². The number of nitrogens with one attached hydrogen (secondary N) is 3. The van der Waals surface area contributed by atoms with Gasteiger partial charge in [-0.15, -0.1) is 11.3 Å². The van der Waals surface area contributed by atoms with E-state index in [1.54, 1.807) is 17.4 Å². The Balaban J connectivity index is 1.61. The van der Waals surface area contributed by atoms with E-state index in [1.807, 2.05) is 48.7 Å². The van der Waals surface area contributed by atoms with Gasteiger partial charge in [0.1, 0.15) is 0 Å². The van der Waals surface area contributed by atoms with Crippen LogP contribution in [0.1, 0.15) is 21.6 Å². The van der Waals surface area contributed by atoms with Crippen LogP contribution in [0.5, 0.6) is 0 Å². The first-order chi connectivity index (χ1) is 11.1. The minimum Gasteiger partial charge on any atom is -0.298 e. The van der Waals surface area contributed by atoms with Gasteiger partial charge in [-0.05, 0) is 30.0 Å². The molecule has 0 radical (unpaired) electrons. The van der Waals surface area contributed by atoms with Crippen LogP contribution < -0.4 is 10.9 Å². The smallest absolute Gasteiger partial charge is 0.290 e. The molecule has 3 aromatic rings. The second kappa shape index (κ2) is 6.50.